The summed E-state index contributed by atoms with van der Waals surface area (Å²) in [6.45, 7) is 8.69. The van der Waals surface area contributed by atoms with Crippen LogP contribution in [0.4, 0.5) is 0 Å². The molecule has 2 rings (SSSR count). The fourth-order valence-electron chi connectivity index (χ4n) is 3.48. The van der Waals surface area contributed by atoms with E-state index < -0.39 is 0 Å². The Labute approximate surface area is 177 Å². The minimum Gasteiger partial charge on any atom is -0.508 e. The summed E-state index contributed by atoms with van der Waals surface area (Å²) in [5, 5.41) is 19.5. The van der Waals surface area contributed by atoms with E-state index in [9.17, 15) is 10.2 Å². The highest BCUT2D eigenvalue weighted by Gasteiger charge is 2.10. The Bertz CT molecular complexity index is 689. The Kier molecular flexibility index (Phi) is 11.9. The lowest BCUT2D eigenvalue weighted by molar-refractivity contribution is 0.398. The van der Waals surface area contributed by atoms with Gasteiger partial charge in [0, 0.05) is 5.56 Å². The zero-order valence-electron chi connectivity index (χ0n) is 19.1. The number of methoxy groups -OCH3 is 1. The second-order valence-electron chi connectivity index (χ2n) is 7.63. The van der Waals surface area contributed by atoms with E-state index in [0.717, 1.165) is 49.8 Å². The number of aromatic hydroxyl groups is 2. The molecule has 0 bridgehead atoms. The van der Waals surface area contributed by atoms with Crippen LogP contribution in [0.2, 0.25) is 0 Å². The third kappa shape index (κ3) is 8.00. The number of phenols is 2. The van der Waals surface area contributed by atoms with Crippen molar-refractivity contribution in [2.45, 2.75) is 85.5 Å². The van der Waals surface area contributed by atoms with Crippen molar-refractivity contribution in [2.75, 3.05) is 7.11 Å². The molecule has 0 amide bonds. The molecular weight excluding hydrogens is 360 g/mol. The summed E-state index contributed by atoms with van der Waals surface area (Å²) >= 11 is 0. The fourth-order valence-corrected chi connectivity index (χ4v) is 3.48. The lowest BCUT2D eigenvalue weighted by atomic mass is 9.93. The van der Waals surface area contributed by atoms with Gasteiger partial charge in [0.1, 0.15) is 17.2 Å². The first-order valence-electron chi connectivity index (χ1n) is 11.1. The van der Waals surface area contributed by atoms with Gasteiger partial charge in [-0.3, -0.25) is 0 Å². The molecule has 0 fully saturated rings. The van der Waals surface area contributed by atoms with E-state index >= 15 is 0 Å². The number of benzene rings is 2. The highest BCUT2D eigenvalue weighted by atomic mass is 16.5. The van der Waals surface area contributed by atoms with E-state index in [4.69, 9.17) is 4.74 Å². The average Bonchev–Trinajstić information content (AvgIpc) is 2.73. The number of hydrogen-bond acceptors (Lipinski definition) is 3. The highest BCUT2D eigenvalue weighted by molar-refractivity contribution is 5.44. The van der Waals surface area contributed by atoms with Crippen molar-refractivity contribution in [1.82, 2.24) is 0 Å². The molecule has 0 aliphatic rings. The number of rotatable bonds is 10. The number of ether oxygens (including phenoxy) is 1. The van der Waals surface area contributed by atoms with Crippen LogP contribution in [0, 0.1) is 6.92 Å². The van der Waals surface area contributed by atoms with Crippen LogP contribution in [-0.4, -0.2) is 17.3 Å². The lowest BCUT2D eigenvalue weighted by Gasteiger charge is -2.14. The molecule has 2 aromatic rings. The van der Waals surface area contributed by atoms with Gasteiger partial charge >= 0.3 is 0 Å². The smallest absolute Gasteiger partial charge is 0.125 e. The molecule has 0 radical (unpaired) electrons. The van der Waals surface area contributed by atoms with E-state index in [1.807, 2.05) is 18.2 Å². The third-order valence-electron chi connectivity index (χ3n) is 5.31. The summed E-state index contributed by atoms with van der Waals surface area (Å²) in [6.07, 6.45) is 9.97. The molecule has 0 unspecified atom stereocenters. The molecule has 0 heterocycles. The molecule has 2 aromatic carbocycles. The quantitative estimate of drug-likeness (QED) is 0.446. The van der Waals surface area contributed by atoms with Crippen molar-refractivity contribution in [3.05, 3.63) is 52.6 Å². The van der Waals surface area contributed by atoms with Gasteiger partial charge in [0.05, 0.1) is 7.11 Å². The summed E-state index contributed by atoms with van der Waals surface area (Å²) in [4.78, 5) is 0. The van der Waals surface area contributed by atoms with Crippen molar-refractivity contribution in [3.63, 3.8) is 0 Å². The number of unbranched alkanes of at least 4 members (excludes halogenated alkanes) is 3. The summed E-state index contributed by atoms with van der Waals surface area (Å²) in [5.41, 5.74) is 4.83. The number of phenolic OH excluding ortho intramolecular Hbond substituents is 2. The van der Waals surface area contributed by atoms with Crippen LogP contribution in [0.5, 0.6) is 17.2 Å². The Morgan fingerprint density at radius 1 is 0.690 bits per heavy atom. The highest BCUT2D eigenvalue weighted by Crippen LogP contribution is 2.29. The van der Waals surface area contributed by atoms with E-state index in [1.165, 1.54) is 36.0 Å². The summed E-state index contributed by atoms with van der Waals surface area (Å²) in [5.74, 6) is 1.62. The molecule has 3 heteroatoms. The molecule has 0 atom stereocenters. The molecule has 29 heavy (non-hydrogen) atoms. The van der Waals surface area contributed by atoms with Gasteiger partial charge in [0.25, 0.3) is 0 Å². The fraction of sp³-hybridized carbons (Fsp3) is 0.538. The first kappa shape index (κ1) is 24.9. The summed E-state index contributed by atoms with van der Waals surface area (Å²) in [7, 11) is 1.63. The second kappa shape index (κ2) is 13.9. The average molecular weight is 401 g/mol. The van der Waals surface area contributed by atoms with Gasteiger partial charge in [0.15, 0.2) is 0 Å². The minimum absolute atomic E-state index is 0.341. The molecule has 0 aromatic heterocycles. The predicted octanol–water partition coefficient (Wildman–Crippen LogP) is 7.13. The van der Waals surface area contributed by atoms with Crippen molar-refractivity contribution < 1.29 is 14.9 Å². The van der Waals surface area contributed by atoms with Crippen LogP contribution < -0.4 is 4.74 Å². The summed E-state index contributed by atoms with van der Waals surface area (Å²) < 4.78 is 5.16. The van der Waals surface area contributed by atoms with E-state index in [-0.39, 0.29) is 0 Å². The zero-order valence-corrected chi connectivity index (χ0v) is 19.1. The molecule has 0 aliphatic heterocycles. The van der Waals surface area contributed by atoms with E-state index in [2.05, 4.69) is 27.7 Å². The number of aryl methyl sites for hydroxylation is 1. The van der Waals surface area contributed by atoms with Gasteiger partial charge < -0.3 is 14.9 Å². The monoisotopic (exact) mass is 400 g/mol. The molecule has 162 valence electrons. The minimum atomic E-state index is 0.341. The van der Waals surface area contributed by atoms with Gasteiger partial charge in [-0.1, -0.05) is 52.2 Å². The van der Waals surface area contributed by atoms with Crippen molar-refractivity contribution in [1.29, 1.82) is 0 Å². The first-order chi connectivity index (χ1) is 14.0. The van der Waals surface area contributed by atoms with Crippen LogP contribution >= 0.6 is 0 Å². The topological polar surface area (TPSA) is 49.7 Å². The maximum Gasteiger partial charge on any atom is 0.125 e. The number of hydrogen-bond donors (Lipinski definition) is 2. The molecule has 0 saturated carbocycles. The molecule has 0 saturated heterocycles. The Balaban J connectivity index is 0.000000296. The normalized spacial score (nSPS) is 10.4. The second-order valence-corrected chi connectivity index (χ2v) is 7.63. The Morgan fingerprint density at radius 3 is 1.76 bits per heavy atom. The van der Waals surface area contributed by atoms with Crippen LogP contribution in [-0.2, 0) is 19.3 Å². The van der Waals surface area contributed by atoms with Crippen LogP contribution in [0.25, 0.3) is 0 Å². The maximum absolute atomic E-state index is 9.94. The van der Waals surface area contributed by atoms with Crippen molar-refractivity contribution in [3.8, 4) is 17.2 Å². The van der Waals surface area contributed by atoms with Gasteiger partial charge in [0.2, 0.25) is 0 Å². The van der Waals surface area contributed by atoms with Gasteiger partial charge in [-0.2, -0.15) is 0 Å². The van der Waals surface area contributed by atoms with E-state index in [0.29, 0.717) is 11.5 Å². The standard InChI is InChI=1S/C15H24O.C11H16O2/c1-4-6-8-13-12(3)10-11-15(16)14(13)9-7-5-2;1-3-4-6-9-10(12)7-5-8-11(9)13-2/h10-11,16H,4-9H2,1-3H3;5,7-8,12H,3-4,6H2,1-2H3. The lowest BCUT2D eigenvalue weighted by Crippen LogP contribution is -1.99. The third-order valence-corrected chi connectivity index (χ3v) is 5.31. The zero-order chi connectivity index (χ0) is 21.6. The molecule has 0 spiro atoms. The van der Waals surface area contributed by atoms with Gasteiger partial charge in [-0.25, -0.2) is 0 Å². The predicted molar refractivity (Wildman–Crippen MR) is 123 cm³/mol. The molecular formula is C26H40O3. The van der Waals surface area contributed by atoms with Crippen LogP contribution in [0.3, 0.4) is 0 Å². The summed E-state index contributed by atoms with van der Waals surface area (Å²) in [6, 6.07) is 9.26. The molecule has 0 aliphatic carbocycles. The van der Waals surface area contributed by atoms with Crippen molar-refractivity contribution in [2.24, 2.45) is 0 Å². The largest absolute Gasteiger partial charge is 0.508 e. The molecule has 2 N–H and O–H groups in total. The Morgan fingerprint density at radius 2 is 1.21 bits per heavy atom. The van der Waals surface area contributed by atoms with Crippen LogP contribution in [0.1, 0.15) is 81.5 Å². The van der Waals surface area contributed by atoms with E-state index in [1.54, 1.807) is 19.2 Å². The molecule has 3 nitrogen and oxygen atoms in total. The Hall–Kier alpha value is -2.16. The SMILES string of the molecule is CCCCc1c(C)ccc(O)c1CCCC.CCCCc1c(O)cccc1OC. The maximum atomic E-state index is 9.94. The first-order valence-corrected chi connectivity index (χ1v) is 11.1. The van der Waals surface area contributed by atoms with Crippen LogP contribution in [0.15, 0.2) is 30.3 Å². The van der Waals surface area contributed by atoms with Gasteiger partial charge in [-0.15, -0.1) is 0 Å². The van der Waals surface area contributed by atoms with Gasteiger partial charge in [-0.05, 0) is 80.3 Å². The van der Waals surface area contributed by atoms with Crippen molar-refractivity contribution >= 4 is 0 Å².